The molecule has 2 heterocycles. The number of aromatic nitrogens is 3. The molecule has 60 valence electrons. The van der Waals surface area contributed by atoms with E-state index in [2.05, 4.69) is 30.9 Å². The highest BCUT2D eigenvalue weighted by atomic mass is 79.9. The van der Waals surface area contributed by atoms with Gasteiger partial charge >= 0.3 is 0 Å². The third-order valence-corrected chi connectivity index (χ3v) is 2.11. The van der Waals surface area contributed by atoms with Crippen LogP contribution < -0.4 is 0 Å². The van der Waals surface area contributed by atoms with Gasteiger partial charge in [-0.2, -0.15) is 0 Å². The number of nitrogens with zero attached hydrogens (tertiary/aromatic N) is 3. The van der Waals surface area contributed by atoms with Gasteiger partial charge in [0.2, 0.25) is 0 Å². The first-order chi connectivity index (χ1) is 5.77. The second kappa shape index (κ2) is 2.79. The summed E-state index contributed by atoms with van der Waals surface area (Å²) in [4.78, 5) is 12.5. The molecule has 12 heavy (non-hydrogen) atoms. The Bertz CT molecular complexity index is 428. The van der Waals surface area contributed by atoms with Crippen LogP contribution in [0.3, 0.4) is 0 Å². The van der Waals surface area contributed by atoms with E-state index >= 15 is 0 Å². The predicted octanol–water partition coefficient (Wildman–Crippen LogP) is 2.10. The van der Waals surface area contributed by atoms with Crippen molar-refractivity contribution in [3.05, 3.63) is 28.8 Å². The van der Waals surface area contributed by atoms with Crippen LogP contribution in [0.4, 0.5) is 0 Å². The Morgan fingerprint density at radius 1 is 1.25 bits per heavy atom. The van der Waals surface area contributed by atoms with Crippen molar-refractivity contribution in [1.82, 2.24) is 15.0 Å². The van der Waals surface area contributed by atoms with Crippen molar-refractivity contribution < 1.29 is 0 Å². The number of fused-ring (bicyclic) bond motifs is 1. The second-order valence-corrected chi connectivity index (χ2v) is 3.35. The molecule has 0 atom stereocenters. The van der Waals surface area contributed by atoms with Crippen LogP contribution in [0.2, 0.25) is 0 Å². The lowest BCUT2D eigenvalue weighted by Gasteiger charge is -1.98. The van der Waals surface area contributed by atoms with E-state index < -0.39 is 0 Å². The second-order valence-electron chi connectivity index (χ2n) is 2.50. The minimum Gasteiger partial charge on any atom is -0.261 e. The highest BCUT2D eigenvalue weighted by molar-refractivity contribution is 9.10. The van der Waals surface area contributed by atoms with Gasteiger partial charge in [-0.1, -0.05) is 0 Å². The van der Waals surface area contributed by atoms with Gasteiger partial charge in [0.1, 0.15) is 11.0 Å². The molecule has 0 aliphatic carbocycles. The first-order valence-electron chi connectivity index (χ1n) is 3.50. The third-order valence-electron chi connectivity index (χ3n) is 1.53. The monoisotopic (exact) mass is 223 g/mol. The maximum Gasteiger partial charge on any atom is 0.108 e. The van der Waals surface area contributed by atoms with E-state index in [-0.39, 0.29) is 0 Å². The first kappa shape index (κ1) is 7.61. The number of pyridine rings is 1. The molecule has 0 spiro atoms. The van der Waals surface area contributed by atoms with E-state index in [0.29, 0.717) is 0 Å². The standard InChI is InChI=1S/C8H6BrN3/c1-5-2-11-7-4-10-3-6(9)8(7)12-5/h2-4H,1H3. The van der Waals surface area contributed by atoms with Gasteiger partial charge in [0.05, 0.1) is 16.4 Å². The summed E-state index contributed by atoms with van der Waals surface area (Å²) in [5, 5.41) is 0. The van der Waals surface area contributed by atoms with E-state index in [1.54, 1.807) is 18.6 Å². The molecule has 0 saturated carbocycles. The molecule has 0 radical (unpaired) electrons. The lowest BCUT2D eigenvalue weighted by molar-refractivity contribution is 1.16. The van der Waals surface area contributed by atoms with Crippen LogP contribution in [0.15, 0.2) is 23.1 Å². The molecule has 2 aromatic heterocycles. The fourth-order valence-corrected chi connectivity index (χ4v) is 1.40. The molecule has 0 bridgehead atoms. The molecule has 2 rings (SSSR count). The molecule has 0 saturated heterocycles. The average Bonchev–Trinajstić information content (AvgIpc) is 2.07. The summed E-state index contributed by atoms with van der Waals surface area (Å²) in [6, 6.07) is 0. The van der Waals surface area contributed by atoms with Crippen molar-refractivity contribution in [2.45, 2.75) is 6.92 Å². The molecular weight excluding hydrogens is 218 g/mol. The molecule has 0 unspecified atom stereocenters. The number of rotatable bonds is 0. The van der Waals surface area contributed by atoms with Crippen molar-refractivity contribution in [2.24, 2.45) is 0 Å². The quantitative estimate of drug-likeness (QED) is 0.687. The highest BCUT2D eigenvalue weighted by Gasteiger charge is 2.00. The Balaban J connectivity index is 2.88. The van der Waals surface area contributed by atoms with Gasteiger partial charge in [-0.15, -0.1) is 0 Å². The van der Waals surface area contributed by atoms with Gasteiger partial charge in [0.15, 0.2) is 0 Å². The van der Waals surface area contributed by atoms with Crippen LogP contribution >= 0.6 is 15.9 Å². The third kappa shape index (κ3) is 1.18. The molecular formula is C8H6BrN3. The zero-order valence-electron chi connectivity index (χ0n) is 6.45. The van der Waals surface area contributed by atoms with Gasteiger partial charge in [-0.05, 0) is 22.9 Å². The number of hydrogen-bond acceptors (Lipinski definition) is 3. The Morgan fingerprint density at radius 2 is 2.08 bits per heavy atom. The van der Waals surface area contributed by atoms with Gasteiger partial charge in [0.25, 0.3) is 0 Å². The van der Waals surface area contributed by atoms with Crippen LogP contribution in [0.5, 0.6) is 0 Å². The van der Waals surface area contributed by atoms with Crippen LogP contribution in [-0.2, 0) is 0 Å². The Hall–Kier alpha value is -1.03. The number of hydrogen-bond donors (Lipinski definition) is 0. The van der Waals surface area contributed by atoms with Crippen molar-refractivity contribution in [3.8, 4) is 0 Å². The molecule has 0 fully saturated rings. The molecule has 4 heteroatoms. The van der Waals surface area contributed by atoms with Gasteiger partial charge in [-0.25, -0.2) is 4.98 Å². The van der Waals surface area contributed by atoms with Crippen molar-refractivity contribution >= 4 is 27.0 Å². The maximum atomic E-state index is 4.33. The fraction of sp³-hybridized carbons (Fsp3) is 0.125. The van der Waals surface area contributed by atoms with E-state index in [0.717, 1.165) is 21.2 Å². The van der Waals surface area contributed by atoms with E-state index in [4.69, 9.17) is 0 Å². The molecule has 0 aliphatic rings. The highest BCUT2D eigenvalue weighted by Crippen LogP contribution is 2.18. The molecule has 2 aromatic rings. The summed E-state index contributed by atoms with van der Waals surface area (Å²) in [6.07, 6.45) is 5.15. The van der Waals surface area contributed by atoms with E-state index in [9.17, 15) is 0 Å². The van der Waals surface area contributed by atoms with Crippen molar-refractivity contribution in [3.63, 3.8) is 0 Å². The van der Waals surface area contributed by atoms with Crippen molar-refractivity contribution in [1.29, 1.82) is 0 Å². The lowest BCUT2D eigenvalue weighted by Crippen LogP contribution is -1.88. The van der Waals surface area contributed by atoms with Crippen LogP contribution in [0.1, 0.15) is 5.69 Å². The Morgan fingerprint density at radius 3 is 2.92 bits per heavy atom. The SMILES string of the molecule is Cc1cnc2cncc(Br)c2n1. The van der Waals surface area contributed by atoms with Crippen molar-refractivity contribution in [2.75, 3.05) is 0 Å². The summed E-state index contributed by atoms with van der Waals surface area (Å²) >= 11 is 3.37. The van der Waals surface area contributed by atoms with E-state index in [1.807, 2.05) is 6.92 Å². The number of aryl methyl sites for hydroxylation is 1. The summed E-state index contributed by atoms with van der Waals surface area (Å²) < 4.78 is 0.885. The fourth-order valence-electron chi connectivity index (χ4n) is 0.991. The molecule has 0 aromatic carbocycles. The van der Waals surface area contributed by atoms with Gasteiger partial charge < -0.3 is 0 Å². The van der Waals surface area contributed by atoms with Gasteiger partial charge in [-0.3, -0.25) is 9.97 Å². The first-order valence-corrected chi connectivity index (χ1v) is 4.29. The Kier molecular flexibility index (Phi) is 1.77. The minimum absolute atomic E-state index is 0.815. The lowest BCUT2D eigenvalue weighted by atomic mass is 10.4. The predicted molar refractivity (Wildman–Crippen MR) is 49.8 cm³/mol. The summed E-state index contributed by atoms with van der Waals surface area (Å²) in [7, 11) is 0. The smallest absolute Gasteiger partial charge is 0.108 e. The zero-order chi connectivity index (χ0) is 8.55. The average molecular weight is 224 g/mol. The number of halogens is 1. The van der Waals surface area contributed by atoms with Gasteiger partial charge in [0, 0.05) is 12.4 Å². The van der Waals surface area contributed by atoms with Crippen LogP contribution in [0.25, 0.3) is 11.0 Å². The molecule has 0 N–H and O–H groups in total. The largest absolute Gasteiger partial charge is 0.261 e. The summed E-state index contributed by atoms with van der Waals surface area (Å²) in [5.41, 5.74) is 2.59. The molecule has 0 aliphatic heterocycles. The zero-order valence-corrected chi connectivity index (χ0v) is 8.04. The topological polar surface area (TPSA) is 38.7 Å². The van der Waals surface area contributed by atoms with Crippen LogP contribution in [-0.4, -0.2) is 15.0 Å². The van der Waals surface area contributed by atoms with E-state index in [1.165, 1.54) is 0 Å². The Labute approximate surface area is 78.0 Å². The van der Waals surface area contributed by atoms with Crippen LogP contribution in [0, 0.1) is 6.92 Å². The normalized spacial score (nSPS) is 10.5. The molecule has 3 nitrogen and oxygen atoms in total. The summed E-state index contributed by atoms with van der Waals surface area (Å²) in [5.74, 6) is 0. The maximum absolute atomic E-state index is 4.33. The minimum atomic E-state index is 0.815. The summed E-state index contributed by atoms with van der Waals surface area (Å²) in [6.45, 7) is 1.92. The molecule has 0 amide bonds.